The Bertz CT molecular complexity index is 520. The van der Waals surface area contributed by atoms with Gasteiger partial charge in [-0.15, -0.1) is 0 Å². The molecule has 0 radical (unpaired) electrons. The number of hydrogen-bond donors (Lipinski definition) is 0. The van der Waals surface area contributed by atoms with E-state index in [1.165, 1.54) is 5.12 Å². The Kier molecular flexibility index (Phi) is 1.68. The zero-order valence-corrected chi connectivity index (χ0v) is 8.40. The van der Waals surface area contributed by atoms with E-state index in [-0.39, 0.29) is 0 Å². The summed E-state index contributed by atoms with van der Waals surface area (Å²) in [6, 6.07) is 12.1. The number of fused-ring (bicyclic) bond motifs is 1. The summed E-state index contributed by atoms with van der Waals surface area (Å²) in [4.78, 5) is 4.53. The molecule has 2 nitrogen and oxygen atoms in total. The topological polar surface area (TPSA) is 26.0 Å². The molecule has 2 aromatic heterocycles. The van der Waals surface area contributed by atoms with Gasteiger partial charge in [-0.05, 0) is 24.3 Å². The maximum absolute atomic E-state index is 5.32. The van der Waals surface area contributed by atoms with Crippen LogP contribution in [0, 0.1) is 0 Å². The average Bonchev–Trinajstić information content (AvgIpc) is 2.86. The quantitative estimate of drug-likeness (QED) is 0.602. The van der Waals surface area contributed by atoms with Crippen LogP contribution in [0.2, 0.25) is 0 Å². The van der Waals surface area contributed by atoms with Crippen molar-refractivity contribution in [2.24, 2.45) is 0 Å². The molecule has 2 heterocycles. The van der Waals surface area contributed by atoms with Gasteiger partial charge >= 0.3 is 0 Å². The molecular formula is C11H8NOP. The molecular weight excluding hydrogens is 193 g/mol. The normalized spacial score (nSPS) is 11.4. The van der Waals surface area contributed by atoms with E-state index in [0.717, 1.165) is 16.7 Å². The molecule has 0 aliphatic heterocycles. The summed E-state index contributed by atoms with van der Waals surface area (Å²) in [7, 11) is 0.621. The third-order valence-electron chi connectivity index (χ3n) is 2.14. The van der Waals surface area contributed by atoms with Crippen LogP contribution < -0.4 is 0 Å². The lowest BCUT2D eigenvalue weighted by Gasteiger charge is -1.85. The Labute approximate surface area is 82.7 Å². The van der Waals surface area contributed by atoms with Crippen LogP contribution in [0.25, 0.3) is 21.8 Å². The van der Waals surface area contributed by atoms with Gasteiger partial charge in [-0.2, -0.15) is 0 Å². The molecule has 3 rings (SSSR count). The second-order valence-electron chi connectivity index (χ2n) is 3.08. The first-order valence-corrected chi connectivity index (χ1v) is 5.42. The van der Waals surface area contributed by atoms with Crippen LogP contribution in [-0.2, 0) is 0 Å². The molecule has 1 aromatic carbocycles. The molecule has 0 fully saturated rings. The number of aromatic nitrogens is 1. The van der Waals surface area contributed by atoms with Gasteiger partial charge in [-0.1, -0.05) is 20.3 Å². The Morgan fingerprint density at radius 1 is 1.07 bits per heavy atom. The van der Waals surface area contributed by atoms with E-state index < -0.39 is 0 Å². The predicted molar refractivity (Wildman–Crippen MR) is 58.9 cm³/mol. The summed E-state index contributed by atoms with van der Waals surface area (Å²) in [5.41, 5.74) is 2.13. The lowest BCUT2D eigenvalue weighted by molar-refractivity contribution is 0.582. The summed E-state index contributed by atoms with van der Waals surface area (Å²) in [5, 5.41) is 1.30. The molecule has 14 heavy (non-hydrogen) atoms. The van der Waals surface area contributed by atoms with Gasteiger partial charge in [0.2, 0.25) is 0 Å². The first kappa shape index (κ1) is 7.84. The van der Waals surface area contributed by atoms with Crippen molar-refractivity contribution in [3.05, 3.63) is 42.7 Å². The van der Waals surface area contributed by atoms with Crippen molar-refractivity contribution in [1.82, 2.24) is 4.98 Å². The minimum atomic E-state index is 0.621. The van der Waals surface area contributed by atoms with Crippen LogP contribution in [0.5, 0.6) is 0 Å². The monoisotopic (exact) mass is 201 g/mol. The molecule has 1 unspecified atom stereocenters. The third kappa shape index (κ3) is 1.16. The number of nitrogens with zero attached hydrogens (tertiary/aromatic N) is 1. The zero-order valence-electron chi connectivity index (χ0n) is 7.40. The van der Waals surface area contributed by atoms with E-state index >= 15 is 0 Å². The summed E-state index contributed by atoms with van der Waals surface area (Å²) < 4.78 is 5.32. The highest BCUT2D eigenvalue weighted by Crippen LogP contribution is 2.34. The van der Waals surface area contributed by atoms with Crippen molar-refractivity contribution in [2.45, 2.75) is 0 Å². The van der Waals surface area contributed by atoms with E-state index in [2.05, 4.69) is 11.1 Å². The Morgan fingerprint density at radius 3 is 2.79 bits per heavy atom. The van der Waals surface area contributed by atoms with Gasteiger partial charge in [0.1, 0.15) is 5.43 Å². The average molecular weight is 201 g/mol. The lowest BCUT2D eigenvalue weighted by atomic mass is 10.3. The van der Waals surface area contributed by atoms with Crippen molar-refractivity contribution in [2.75, 3.05) is 0 Å². The molecule has 0 saturated carbocycles. The molecule has 1 atom stereocenters. The van der Waals surface area contributed by atoms with Gasteiger partial charge in [-0.3, -0.25) is 0 Å². The number of furan rings is 1. The fourth-order valence-electron chi connectivity index (χ4n) is 1.48. The van der Waals surface area contributed by atoms with E-state index in [4.69, 9.17) is 4.42 Å². The Morgan fingerprint density at radius 2 is 2.00 bits per heavy atom. The minimum absolute atomic E-state index is 0.621. The van der Waals surface area contributed by atoms with Crippen molar-refractivity contribution < 1.29 is 4.42 Å². The highest BCUT2D eigenvalue weighted by molar-refractivity contribution is 7.40. The molecule has 3 heteroatoms. The maximum Gasteiger partial charge on any atom is 0.155 e. The van der Waals surface area contributed by atoms with Crippen LogP contribution in [0.4, 0.5) is 0 Å². The van der Waals surface area contributed by atoms with Gasteiger partial charge in [0.15, 0.2) is 5.76 Å². The van der Waals surface area contributed by atoms with Crippen molar-refractivity contribution in [1.29, 1.82) is 0 Å². The maximum atomic E-state index is 5.32. The van der Waals surface area contributed by atoms with Gasteiger partial charge < -0.3 is 4.42 Å². The molecule has 0 bridgehead atoms. The molecule has 0 aliphatic rings. The predicted octanol–water partition coefficient (Wildman–Crippen LogP) is 3.53. The second kappa shape index (κ2) is 3.00. The first-order valence-electron chi connectivity index (χ1n) is 4.42. The molecule has 0 spiro atoms. The van der Waals surface area contributed by atoms with Gasteiger partial charge in [-0.25, -0.2) is 4.98 Å². The minimum Gasteiger partial charge on any atom is -0.462 e. The second-order valence-corrected chi connectivity index (χ2v) is 4.34. The van der Waals surface area contributed by atoms with Crippen molar-refractivity contribution in [3.63, 3.8) is 0 Å². The van der Waals surface area contributed by atoms with Gasteiger partial charge in [0.25, 0.3) is 0 Å². The fraction of sp³-hybridized carbons (Fsp3) is 0. The summed E-state index contributed by atoms with van der Waals surface area (Å²) in [6.45, 7) is 0. The van der Waals surface area contributed by atoms with E-state index in [1.54, 1.807) is 6.26 Å². The number of hydrogen-bond acceptors (Lipinski definition) is 2. The fourth-order valence-corrected chi connectivity index (χ4v) is 2.63. The van der Waals surface area contributed by atoms with Crippen LogP contribution in [-0.4, -0.2) is 4.98 Å². The van der Waals surface area contributed by atoms with Crippen LogP contribution in [0.3, 0.4) is 0 Å². The standard InChI is InChI=1S/C11H8NOP/c1-2-6-10-8(4-1)12-11(14-10)9-5-3-7-13-9/h1-7,14H. The molecule has 68 valence electrons. The highest BCUT2D eigenvalue weighted by Gasteiger charge is 2.05. The highest BCUT2D eigenvalue weighted by atomic mass is 31.0. The first-order chi connectivity index (χ1) is 6.93. The molecule has 3 aromatic rings. The van der Waals surface area contributed by atoms with Crippen molar-refractivity contribution in [3.8, 4) is 11.2 Å². The largest absolute Gasteiger partial charge is 0.462 e. The van der Waals surface area contributed by atoms with Crippen LogP contribution >= 0.6 is 8.19 Å². The third-order valence-corrected chi connectivity index (χ3v) is 3.43. The van der Waals surface area contributed by atoms with Crippen LogP contribution in [0.15, 0.2) is 47.1 Å². The summed E-state index contributed by atoms with van der Waals surface area (Å²) >= 11 is 0. The Hall–Kier alpha value is -1.53. The van der Waals surface area contributed by atoms with E-state index in [0.29, 0.717) is 8.19 Å². The summed E-state index contributed by atoms with van der Waals surface area (Å²) in [6.07, 6.45) is 1.69. The lowest BCUT2D eigenvalue weighted by Crippen LogP contribution is -1.68. The molecule has 0 aliphatic carbocycles. The summed E-state index contributed by atoms with van der Waals surface area (Å²) in [5.74, 6) is 0.888. The smallest absolute Gasteiger partial charge is 0.155 e. The van der Waals surface area contributed by atoms with Gasteiger partial charge in [0.05, 0.1) is 11.8 Å². The van der Waals surface area contributed by atoms with Crippen LogP contribution in [0.1, 0.15) is 0 Å². The number of rotatable bonds is 1. The SMILES string of the molecule is c1coc(-c2nc3ccccc3[pH]2)c1. The zero-order chi connectivity index (χ0) is 9.38. The molecule has 0 amide bonds. The number of benzene rings is 1. The van der Waals surface area contributed by atoms with Gasteiger partial charge in [0, 0.05) is 5.12 Å². The van der Waals surface area contributed by atoms with E-state index in [1.807, 2.05) is 30.3 Å². The van der Waals surface area contributed by atoms with Crippen molar-refractivity contribution >= 4 is 18.8 Å². The number of para-hydroxylation sites is 1. The molecule has 0 N–H and O–H groups in total. The van der Waals surface area contributed by atoms with E-state index in [9.17, 15) is 0 Å². The Balaban J connectivity index is 2.24. The molecule has 0 saturated heterocycles.